The Bertz CT molecular complexity index is 618. The fourth-order valence-corrected chi connectivity index (χ4v) is 2.13. The van der Waals surface area contributed by atoms with Crippen molar-refractivity contribution in [2.45, 2.75) is 19.8 Å². The monoisotopic (exact) mass is 430 g/mol. The fraction of sp³-hybridized carbons (Fsp3) is 0.286. The maximum atomic E-state index is 11.7. The van der Waals surface area contributed by atoms with Gasteiger partial charge in [0.2, 0.25) is 0 Å². The van der Waals surface area contributed by atoms with Gasteiger partial charge >= 0.3 is 122 Å². The fourth-order valence-electron chi connectivity index (χ4n) is 1.85. The van der Waals surface area contributed by atoms with Crippen LogP contribution in [0.15, 0.2) is 33.9 Å². The molecule has 0 fully saturated rings. The average molecular weight is 430 g/mol. The van der Waals surface area contributed by atoms with E-state index in [1.165, 1.54) is 26.3 Å². The first-order valence-corrected chi connectivity index (χ1v) is 7.42. The summed E-state index contributed by atoms with van der Waals surface area (Å²) in [5.74, 6) is -1.02. The quantitative estimate of drug-likeness (QED) is 0.475. The van der Waals surface area contributed by atoms with Crippen molar-refractivity contribution in [2.75, 3.05) is 6.61 Å². The Kier molecular flexibility index (Phi) is 5.49. The summed E-state index contributed by atoms with van der Waals surface area (Å²) >= 11 is 1.27. The molecule has 0 N–H and O–H groups in total. The summed E-state index contributed by atoms with van der Waals surface area (Å²) in [4.78, 5) is 34.8. The normalized spacial score (nSPS) is 12.5. The number of rotatable bonds is 7. The predicted octanol–water partition coefficient (Wildman–Crippen LogP) is 0.815. The van der Waals surface area contributed by atoms with E-state index in [9.17, 15) is 14.4 Å². The van der Waals surface area contributed by atoms with Crippen LogP contribution < -0.4 is 15.6 Å². The number of ether oxygens (including phenoxy) is 1. The molecule has 0 radical (unpaired) electrons. The third-order valence-corrected chi connectivity index (χ3v) is 3.21. The summed E-state index contributed by atoms with van der Waals surface area (Å²) in [6, 6.07) is 0. The second-order valence-electron chi connectivity index (χ2n) is 3.95. The van der Waals surface area contributed by atoms with E-state index >= 15 is 0 Å². The van der Waals surface area contributed by atoms with Gasteiger partial charge in [-0.25, -0.2) is 0 Å². The Balaban J connectivity index is 3.25. The first kappa shape index (κ1) is 15.6. The Hall–Kier alpha value is -1.41. The van der Waals surface area contributed by atoms with Crippen LogP contribution in [0.4, 0.5) is 0 Å². The maximum absolute atomic E-state index is 11.7. The molecule has 5 heteroatoms. The first-order chi connectivity index (χ1) is 8.95. The number of hydrogen-bond donors (Lipinski definition) is 0. The minimum absolute atomic E-state index is 0.00773. The molecular formula is C14H14O4W. The van der Waals surface area contributed by atoms with Gasteiger partial charge in [-0.3, -0.25) is 0 Å². The molecule has 1 rings (SSSR count). The van der Waals surface area contributed by atoms with Gasteiger partial charge in [-0.1, -0.05) is 0 Å². The van der Waals surface area contributed by atoms with Crippen LogP contribution in [0.1, 0.15) is 25.3 Å². The molecular weight excluding hydrogens is 416 g/mol. The van der Waals surface area contributed by atoms with Crippen molar-refractivity contribution in [3.05, 3.63) is 50.3 Å². The number of carbonyl (C=O) groups excluding carboxylic acids is 1. The van der Waals surface area contributed by atoms with Gasteiger partial charge < -0.3 is 0 Å². The van der Waals surface area contributed by atoms with Crippen LogP contribution in [-0.4, -0.2) is 16.8 Å². The minimum atomic E-state index is -0.794. The molecule has 0 saturated carbocycles. The molecule has 19 heavy (non-hydrogen) atoms. The van der Waals surface area contributed by atoms with Crippen LogP contribution in [0.3, 0.4) is 0 Å². The molecule has 0 aliphatic rings. The Morgan fingerprint density at radius 3 is 2.53 bits per heavy atom. The topological polar surface area (TPSA) is 60.4 Å². The van der Waals surface area contributed by atoms with Gasteiger partial charge in [0, 0.05) is 0 Å². The number of allylic oxidation sites excluding steroid dienone is 3. The van der Waals surface area contributed by atoms with E-state index in [4.69, 9.17) is 4.74 Å². The molecule has 4 nitrogen and oxygen atoms in total. The van der Waals surface area contributed by atoms with Gasteiger partial charge in [0.05, 0.1) is 0 Å². The van der Waals surface area contributed by atoms with E-state index in [0.29, 0.717) is 5.57 Å². The van der Waals surface area contributed by atoms with Crippen LogP contribution in [0.25, 0.3) is 0 Å². The van der Waals surface area contributed by atoms with Crippen molar-refractivity contribution >= 4 is 10.2 Å². The van der Waals surface area contributed by atoms with E-state index < -0.39 is 16.8 Å². The van der Waals surface area contributed by atoms with Gasteiger partial charge in [0.25, 0.3) is 0 Å². The summed E-state index contributed by atoms with van der Waals surface area (Å²) in [5, 5.41) is 0. The summed E-state index contributed by atoms with van der Waals surface area (Å²) in [6.07, 6.45) is 3.44. The summed E-state index contributed by atoms with van der Waals surface area (Å²) in [7, 11) is 0. The molecule has 0 bridgehead atoms. The zero-order chi connectivity index (χ0) is 14.6. The first-order valence-electron chi connectivity index (χ1n) is 5.72. The van der Waals surface area contributed by atoms with E-state index in [2.05, 4.69) is 6.58 Å². The van der Waals surface area contributed by atoms with Gasteiger partial charge in [0.15, 0.2) is 0 Å². The Morgan fingerprint density at radius 2 is 2.05 bits per heavy atom. The van der Waals surface area contributed by atoms with E-state index in [0.717, 1.165) is 0 Å². The number of ketones is 1. The number of hydrogen-bond acceptors (Lipinski definition) is 4. The predicted molar refractivity (Wildman–Crippen MR) is 70.3 cm³/mol. The molecule has 0 aliphatic carbocycles. The molecule has 0 heterocycles. The standard InChI is InChI=1S/C14H14O4.W/c1-5-7-8(3)10(9(4)15)11-12(16)13(17)14(11)18-6-2;/h1,5,7,10H,3,6H2,2,4H3;/b7-5-;. The van der Waals surface area contributed by atoms with Crippen LogP contribution in [0.2, 0.25) is 0 Å². The van der Waals surface area contributed by atoms with Crippen molar-refractivity contribution in [1.29, 1.82) is 0 Å². The van der Waals surface area contributed by atoms with Gasteiger partial charge in [-0.05, 0) is 0 Å². The van der Waals surface area contributed by atoms with E-state index in [1.54, 1.807) is 19.1 Å². The van der Waals surface area contributed by atoms with Crippen molar-refractivity contribution < 1.29 is 28.9 Å². The molecule has 1 aromatic rings. The van der Waals surface area contributed by atoms with Crippen molar-refractivity contribution in [3.63, 3.8) is 0 Å². The molecule has 1 aromatic carbocycles. The van der Waals surface area contributed by atoms with Gasteiger partial charge in [-0.2, -0.15) is 0 Å². The third kappa shape index (κ3) is 3.13. The third-order valence-electron chi connectivity index (χ3n) is 2.65. The zero-order valence-electron chi connectivity index (χ0n) is 10.8. The van der Waals surface area contributed by atoms with Crippen LogP contribution in [0, 0.1) is 0 Å². The van der Waals surface area contributed by atoms with Crippen molar-refractivity contribution in [2.24, 2.45) is 0 Å². The Labute approximate surface area is 121 Å². The summed E-state index contributed by atoms with van der Waals surface area (Å²) < 4.78 is 7.02. The average Bonchev–Trinajstić information content (AvgIpc) is 2.39. The summed E-state index contributed by atoms with van der Waals surface area (Å²) in [6.45, 7) is 7.16. The molecule has 0 amide bonds. The van der Waals surface area contributed by atoms with E-state index in [-0.39, 0.29) is 23.7 Å². The second kappa shape index (κ2) is 6.67. The van der Waals surface area contributed by atoms with E-state index in [1.807, 2.05) is 4.40 Å². The van der Waals surface area contributed by atoms with Gasteiger partial charge in [0.1, 0.15) is 0 Å². The van der Waals surface area contributed by atoms with Gasteiger partial charge in [-0.15, -0.1) is 0 Å². The van der Waals surface area contributed by atoms with Crippen LogP contribution >= 0.6 is 0 Å². The molecule has 0 aromatic heterocycles. The zero-order valence-corrected chi connectivity index (χ0v) is 13.7. The van der Waals surface area contributed by atoms with Crippen molar-refractivity contribution in [1.82, 2.24) is 0 Å². The Morgan fingerprint density at radius 1 is 1.42 bits per heavy atom. The molecule has 0 spiro atoms. The number of carbonyl (C=O) groups is 1. The summed E-state index contributed by atoms with van der Waals surface area (Å²) in [5.41, 5.74) is -0.689. The van der Waals surface area contributed by atoms with Crippen LogP contribution in [-0.2, 0) is 24.1 Å². The second-order valence-corrected chi connectivity index (χ2v) is 4.93. The number of Topliss-reactive ketones (excluding diaryl/α,β-unsaturated/α-hetero) is 1. The van der Waals surface area contributed by atoms with Crippen molar-refractivity contribution in [3.8, 4) is 5.75 Å². The molecule has 100 valence electrons. The molecule has 1 atom stereocenters. The van der Waals surface area contributed by atoms with Crippen LogP contribution in [0.5, 0.6) is 5.75 Å². The molecule has 0 aliphatic heterocycles. The molecule has 0 saturated heterocycles. The molecule has 1 unspecified atom stereocenters. The SMILES string of the molecule is C=C(/C=C\[CH]=[W])C(C(C)=O)c1c(OCC)c(=O)c1=O.